The van der Waals surface area contributed by atoms with Gasteiger partial charge in [-0.15, -0.1) is 0 Å². The summed E-state index contributed by atoms with van der Waals surface area (Å²) in [4.78, 5) is 113. The lowest BCUT2D eigenvalue weighted by Crippen LogP contribution is -2.56. The number of carboxylic acid groups (broad SMARTS) is 2. The topological polar surface area (TPSA) is 335 Å². The number of anilines is 1. The highest BCUT2D eigenvalue weighted by Crippen LogP contribution is 2.28. The van der Waals surface area contributed by atoms with E-state index in [1.54, 1.807) is 39.8 Å². The van der Waals surface area contributed by atoms with Crippen LogP contribution in [0, 0.1) is 11.8 Å². The molecule has 71 heavy (non-hydrogen) atoms. The van der Waals surface area contributed by atoms with Crippen molar-refractivity contribution in [1.29, 1.82) is 0 Å². The van der Waals surface area contributed by atoms with Gasteiger partial charge < -0.3 is 62.6 Å². The van der Waals surface area contributed by atoms with Crippen molar-refractivity contribution >= 4 is 58.7 Å². The molecule has 3 atom stereocenters. The number of Topliss-reactive ketones (excluding diaryl/α,β-unsaturated/α-hetero) is 2. The second-order valence-electron chi connectivity index (χ2n) is 19.0. The molecule has 12 N–H and O–H groups in total. The van der Waals surface area contributed by atoms with Crippen LogP contribution >= 0.6 is 0 Å². The van der Waals surface area contributed by atoms with Gasteiger partial charge in [-0.1, -0.05) is 6.92 Å². The summed E-state index contributed by atoms with van der Waals surface area (Å²) in [6.45, 7) is 10.3. The fourth-order valence-corrected chi connectivity index (χ4v) is 7.78. The summed E-state index contributed by atoms with van der Waals surface area (Å²) in [6, 6.07) is 3.71. The van der Waals surface area contributed by atoms with Crippen molar-refractivity contribution in [2.24, 2.45) is 17.6 Å². The van der Waals surface area contributed by atoms with Crippen LogP contribution in [0.2, 0.25) is 0 Å². The Morgan fingerprint density at radius 2 is 1.37 bits per heavy atom. The summed E-state index contributed by atoms with van der Waals surface area (Å²) >= 11 is 0. The number of carbonyl (C=O) groups excluding carboxylic acids is 7. The third-order valence-electron chi connectivity index (χ3n) is 12.3. The predicted molar refractivity (Wildman–Crippen MR) is 265 cm³/mol. The number of nitrogens with one attached hydrogen (secondary N) is 8. The summed E-state index contributed by atoms with van der Waals surface area (Å²) in [7, 11) is 1.87. The summed E-state index contributed by atoms with van der Waals surface area (Å²) in [5.41, 5.74) is 4.58. The fourth-order valence-electron chi connectivity index (χ4n) is 7.78. The molecule has 0 bridgehead atoms. The van der Waals surface area contributed by atoms with Crippen LogP contribution in [-0.4, -0.2) is 159 Å². The van der Waals surface area contributed by atoms with Gasteiger partial charge in [-0.2, -0.15) is 0 Å². The molecule has 22 nitrogen and oxygen atoms in total. The van der Waals surface area contributed by atoms with E-state index in [2.05, 4.69) is 49.5 Å². The predicted octanol–water partition coefficient (Wildman–Crippen LogP) is 1.01. The van der Waals surface area contributed by atoms with Crippen molar-refractivity contribution in [2.45, 2.75) is 141 Å². The fraction of sp³-hybridized carbons (Fsp3) is 0.694. The molecule has 22 heteroatoms. The molecule has 0 radical (unpaired) electrons. The molecule has 5 amide bonds. The molecule has 1 aromatic carbocycles. The van der Waals surface area contributed by atoms with Crippen LogP contribution in [0.5, 0.6) is 0 Å². The molecule has 0 heterocycles. The Kier molecular flexibility index (Phi) is 28.1. The van der Waals surface area contributed by atoms with Gasteiger partial charge in [-0.3, -0.25) is 43.7 Å². The number of ketones is 2. The first-order valence-corrected chi connectivity index (χ1v) is 24.7. The number of carbonyl (C=O) groups is 9. The van der Waals surface area contributed by atoms with E-state index in [1.807, 2.05) is 19.2 Å². The Morgan fingerprint density at radius 1 is 0.718 bits per heavy atom. The minimum Gasteiger partial charge on any atom is -0.481 e. The van der Waals surface area contributed by atoms with Gasteiger partial charge in [0, 0.05) is 49.6 Å². The van der Waals surface area contributed by atoms with E-state index in [4.69, 9.17) is 15.2 Å². The number of benzene rings is 1. The van der Waals surface area contributed by atoms with E-state index in [1.165, 1.54) is 0 Å². The van der Waals surface area contributed by atoms with Crippen molar-refractivity contribution in [1.82, 2.24) is 37.2 Å². The smallest absolute Gasteiger partial charge is 0.326 e. The summed E-state index contributed by atoms with van der Waals surface area (Å²) < 4.78 is 11.1. The van der Waals surface area contributed by atoms with Gasteiger partial charge in [-0.25, -0.2) is 4.79 Å². The third kappa shape index (κ3) is 24.4. The lowest BCUT2D eigenvalue weighted by atomic mass is 9.81. The van der Waals surface area contributed by atoms with Gasteiger partial charge >= 0.3 is 11.9 Å². The average Bonchev–Trinajstić information content (AvgIpc) is 3.32. The zero-order valence-corrected chi connectivity index (χ0v) is 42.5. The van der Waals surface area contributed by atoms with Crippen molar-refractivity contribution in [3.63, 3.8) is 0 Å². The second-order valence-corrected chi connectivity index (χ2v) is 19.0. The van der Waals surface area contributed by atoms with Gasteiger partial charge in [0.2, 0.25) is 23.6 Å². The molecule has 1 saturated carbocycles. The van der Waals surface area contributed by atoms with Crippen LogP contribution in [-0.2, 0) is 47.8 Å². The van der Waals surface area contributed by atoms with Crippen molar-refractivity contribution in [3.8, 4) is 0 Å². The molecule has 400 valence electrons. The molecule has 1 aliphatic rings. The molecule has 0 spiro atoms. The third-order valence-corrected chi connectivity index (χ3v) is 12.3. The molecule has 0 aliphatic heterocycles. The first kappa shape index (κ1) is 61.6. The minimum absolute atomic E-state index is 0.0478. The van der Waals surface area contributed by atoms with Crippen LogP contribution in [0.15, 0.2) is 24.3 Å². The Balaban J connectivity index is 1.70. The normalized spacial score (nSPS) is 16.1. The van der Waals surface area contributed by atoms with Crippen molar-refractivity contribution in [3.05, 3.63) is 29.8 Å². The zero-order valence-electron chi connectivity index (χ0n) is 42.5. The average molecular weight is 1000 g/mol. The van der Waals surface area contributed by atoms with E-state index in [0.29, 0.717) is 43.7 Å². The highest BCUT2D eigenvalue weighted by molar-refractivity contribution is 5.96. The van der Waals surface area contributed by atoms with Crippen LogP contribution in [0.3, 0.4) is 0 Å². The maximum atomic E-state index is 13.6. The highest BCUT2D eigenvalue weighted by Gasteiger charge is 2.35. The van der Waals surface area contributed by atoms with Gasteiger partial charge in [-0.05, 0) is 136 Å². The SMILES string of the molecule is CCCNc1ccc(C(=O)NCCCCC(NC(=O)CNC(C)(C)C(=O)COCCOCCNC(C)(C)C(=O)C(CCC(=O)O)NC(=O)CCC(NC(=O)C2CCC(CNC)CC2)C(=O)O)C(N)=O)cc1. The lowest BCUT2D eigenvalue weighted by molar-refractivity contribution is -0.143. The summed E-state index contributed by atoms with van der Waals surface area (Å²) in [5, 5.41) is 42.0. The monoisotopic (exact) mass is 1000 g/mol. The highest BCUT2D eigenvalue weighted by atomic mass is 16.5. The molecule has 1 aromatic rings. The van der Waals surface area contributed by atoms with Crippen LogP contribution < -0.4 is 48.3 Å². The number of rotatable bonds is 38. The number of aliphatic carboxylic acids is 2. The van der Waals surface area contributed by atoms with Crippen molar-refractivity contribution in [2.75, 3.05) is 71.5 Å². The van der Waals surface area contributed by atoms with E-state index < -0.39 is 71.1 Å². The number of hydrogen-bond donors (Lipinski definition) is 11. The van der Waals surface area contributed by atoms with Gasteiger partial charge in [0.1, 0.15) is 18.7 Å². The number of unbranched alkanes of at least 4 members (excludes halogenated alkanes) is 1. The Bertz CT molecular complexity index is 1890. The number of nitrogens with two attached hydrogens (primary N) is 1. The first-order valence-electron chi connectivity index (χ1n) is 24.7. The number of hydrogen-bond acceptors (Lipinski definition) is 15. The molecule has 0 saturated heterocycles. The molecule has 2 rings (SSSR count). The van der Waals surface area contributed by atoms with E-state index in [-0.39, 0.29) is 88.7 Å². The standard InChI is InChI=1S/C49H81N9O13/c1-7-23-52-35-17-15-33(16-18-35)45(66)53-24-9-8-10-37(44(50)65)57-41(61)30-55-48(2,3)39(59)31-71-28-27-70-26-25-54-49(4,5)43(64)36(20-22-42(62)63)56-40(60)21-19-38(47(68)69)58-46(67)34-13-11-32(12-14-34)29-51-6/h15-18,32,34,36-38,51-52,54-55H,7-14,19-31H2,1-6H3,(H2,50,65)(H,53,66)(H,56,60)(H,57,61)(H,58,67)(H,62,63)(H,68,69). The Hall–Kier alpha value is -5.55. The molecular formula is C49H81N9O13. The van der Waals surface area contributed by atoms with Crippen LogP contribution in [0.1, 0.15) is 122 Å². The Labute approximate surface area is 417 Å². The quantitative estimate of drug-likeness (QED) is 0.0412. The second kappa shape index (κ2) is 32.4. The lowest BCUT2D eigenvalue weighted by Gasteiger charge is -2.30. The van der Waals surface area contributed by atoms with Crippen molar-refractivity contribution < 1.29 is 62.8 Å². The number of ether oxygens (including phenoxy) is 2. The van der Waals surface area contributed by atoms with Crippen LogP contribution in [0.4, 0.5) is 5.69 Å². The zero-order chi connectivity index (χ0) is 53.0. The van der Waals surface area contributed by atoms with Gasteiger partial charge in [0.05, 0.1) is 43.5 Å². The molecule has 1 fully saturated rings. The number of amides is 5. The summed E-state index contributed by atoms with van der Waals surface area (Å²) in [5.74, 6) is -5.67. The number of carboxylic acids is 2. The largest absolute Gasteiger partial charge is 0.481 e. The molecule has 1 aliphatic carbocycles. The minimum atomic E-state index is -1.32. The molecule has 3 unspecified atom stereocenters. The number of primary amides is 1. The van der Waals surface area contributed by atoms with Crippen LogP contribution in [0.25, 0.3) is 0 Å². The van der Waals surface area contributed by atoms with E-state index >= 15 is 0 Å². The first-order chi connectivity index (χ1) is 33.6. The Morgan fingerprint density at radius 3 is 1.99 bits per heavy atom. The maximum absolute atomic E-state index is 13.6. The molecule has 0 aromatic heterocycles. The maximum Gasteiger partial charge on any atom is 0.326 e. The molecular weight excluding hydrogens is 923 g/mol. The van der Waals surface area contributed by atoms with E-state index in [9.17, 15) is 53.4 Å². The van der Waals surface area contributed by atoms with Gasteiger partial charge in [0.15, 0.2) is 11.6 Å². The van der Waals surface area contributed by atoms with E-state index in [0.717, 1.165) is 38.0 Å². The van der Waals surface area contributed by atoms with Gasteiger partial charge in [0.25, 0.3) is 5.91 Å². The summed E-state index contributed by atoms with van der Waals surface area (Å²) in [6.07, 6.45) is 4.09.